The van der Waals surface area contributed by atoms with E-state index in [1.54, 1.807) is 25.3 Å². The molecule has 11 heteroatoms. The summed E-state index contributed by atoms with van der Waals surface area (Å²) in [6.07, 6.45) is 1.43. The van der Waals surface area contributed by atoms with Crippen LogP contribution in [0.5, 0.6) is 11.5 Å². The van der Waals surface area contributed by atoms with E-state index in [1.807, 2.05) is 30.3 Å². The molecule has 192 valence electrons. The lowest BCUT2D eigenvalue weighted by Gasteiger charge is -2.17. The van der Waals surface area contributed by atoms with Crippen molar-refractivity contribution in [3.8, 4) is 11.5 Å². The average molecular weight is 523 g/mol. The summed E-state index contributed by atoms with van der Waals surface area (Å²) in [5, 5.41) is 17.6. The normalized spacial score (nSPS) is 11.5. The zero-order valence-electron chi connectivity index (χ0n) is 20.2. The largest absolute Gasteiger partial charge is 0.497 e. The van der Waals surface area contributed by atoms with Crippen LogP contribution in [0.1, 0.15) is 21.5 Å². The number of non-ortho nitro benzene ring substituents is 1. The van der Waals surface area contributed by atoms with E-state index in [0.29, 0.717) is 22.8 Å². The Morgan fingerprint density at radius 3 is 2.43 bits per heavy atom. The Morgan fingerprint density at radius 1 is 1.05 bits per heavy atom. The summed E-state index contributed by atoms with van der Waals surface area (Å²) in [7, 11) is 3.06. The van der Waals surface area contributed by atoms with E-state index in [1.165, 1.54) is 49.4 Å². The number of nitro groups is 1. The molecule has 0 aliphatic rings. The van der Waals surface area contributed by atoms with E-state index in [9.17, 15) is 19.7 Å². The first-order chi connectivity index (χ1) is 17.9. The summed E-state index contributed by atoms with van der Waals surface area (Å²) in [5.74, 6) is 1.00. The Bertz CT molecular complexity index is 1250. The molecule has 3 rings (SSSR count). The number of thioether (sulfide) groups is 1. The van der Waals surface area contributed by atoms with Gasteiger partial charge in [-0.15, -0.1) is 0 Å². The van der Waals surface area contributed by atoms with Crippen LogP contribution in [-0.4, -0.2) is 49.0 Å². The minimum absolute atomic E-state index is 0.132. The van der Waals surface area contributed by atoms with Gasteiger partial charge in [0.25, 0.3) is 17.5 Å². The molecule has 0 unspecified atom stereocenters. The van der Waals surface area contributed by atoms with Crippen molar-refractivity contribution in [3.63, 3.8) is 0 Å². The second-order valence-electron chi connectivity index (χ2n) is 7.67. The Hall–Kier alpha value is -4.38. The van der Waals surface area contributed by atoms with E-state index >= 15 is 0 Å². The fourth-order valence-corrected chi connectivity index (χ4v) is 4.21. The van der Waals surface area contributed by atoms with Crippen molar-refractivity contribution in [2.24, 2.45) is 5.10 Å². The third kappa shape index (κ3) is 8.07. The maximum absolute atomic E-state index is 12.9. The number of hydrazone groups is 1. The van der Waals surface area contributed by atoms with E-state index in [-0.39, 0.29) is 17.0 Å². The standard InChI is InChI=1S/C26H26N4O6S/c1-35-22-13-10-20(24(14-22)36-2)15-27-29-26(32)23(17-37-16-18-6-4-3-5-7-18)28-25(31)19-8-11-21(12-9-19)30(33)34/h3-15,23H,16-17H2,1-2H3,(H,28,31)(H,29,32)/t23-/m1/s1. The van der Waals surface area contributed by atoms with Crippen LogP contribution in [-0.2, 0) is 10.5 Å². The highest BCUT2D eigenvalue weighted by Crippen LogP contribution is 2.23. The van der Waals surface area contributed by atoms with Gasteiger partial charge in [-0.1, -0.05) is 30.3 Å². The fourth-order valence-electron chi connectivity index (χ4n) is 3.20. The molecule has 37 heavy (non-hydrogen) atoms. The second-order valence-corrected chi connectivity index (χ2v) is 8.70. The van der Waals surface area contributed by atoms with Crippen LogP contribution in [0.4, 0.5) is 5.69 Å². The summed E-state index contributed by atoms with van der Waals surface area (Å²) in [4.78, 5) is 36.1. The Balaban J connectivity index is 1.69. The number of hydrogen-bond acceptors (Lipinski definition) is 8. The van der Waals surface area contributed by atoms with E-state index in [4.69, 9.17) is 9.47 Å². The van der Waals surface area contributed by atoms with Gasteiger partial charge in [-0.25, -0.2) is 5.43 Å². The summed E-state index contributed by atoms with van der Waals surface area (Å²) in [5.41, 5.74) is 4.23. The maximum atomic E-state index is 12.9. The highest BCUT2D eigenvalue weighted by Gasteiger charge is 2.22. The van der Waals surface area contributed by atoms with Crippen LogP contribution < -0.4 is 20.2 Å². The predicted molar refractivity (Wildman–Crippen MR) is 142 cm³/mol. The number of amides is 2. The number of benzene rings is 3. The fraction of sp³-hybridized carbons (Fsp3) is 0.192. The number of carbonyl (C=O) groups excluding carboxylic acids is 2. The highest BCUT2D eigenvalue weighted by atomic mass is 32.2. The van der Waals surface area contributed by atoms with Gasteiger partial charge in [-0.2, -0.15) is 16.9 Å². The summed E-state index contributed by atoms with van der Waals surface area (Å²) in [6, 6.07) is 19.1. The highest BCUT2D eigenvalue weighted by molar-refractivity contribution is 7.98. The molecule has 1 atom stereocenters. The lowest BCUT2D eigenvalue weighted by atomic mass is 10.2. The molecule has 0 bridgehead atoms. The van der Waals surface area contributed by atoms with Gasteiger partial charge >= 0.3 is 0 Å². The van der Waals surface area contributed by atoms with Crippen LogP contribution in [0.2, 0.25) is 0 Å². The molecule has 3 aromatic rings. The van der Waals surface area contributed by atoms with Crippen molar-refractivity contribution < 1.29 is 24.0 Å². The Kier molecular flexibility index (Phi) is 10.0. The molecule has 0 aromatic heterocycles. The summed E-state index contributed by atoms with van der Waals surface area (Å²) in [6.45, 7) is 0. The van der Waals surface area contributed by atoms with Gasteiger partial charge in [-0.05, 0) is 29.8 Å². The third-order valence-corrected chi connectivity index (χ3v) is 6.28. The van der Waals surface area contributed by atoms with Gasteiger partial charge in [-0.3, -0.25) is 19.7 Å². The first-order valence-corrected chi connectivity index (χ1v) is 12.3. The Morgan fingerprint density at radius 2 is 1.78 bits per heavy atom. The third-order valence-electron chi connectivity index (χ3n) is 5.18. The number of rotatable bonds is 12. The molecular weight excluding hydrogens is 496 g/mol. The van der Waals surface area contributed by atoms with Crippen molar-refractivity contribution in [2.45, 2.75) is 11.8 Å². The number of methoxy groups -OCH3 is 2. The summed E-state index contributed by atoms with van der Waals surface area (Å²) < 4.78 is 10.5. The molecule has 0 saturated carbocycles. The number of carbonyl (C=O) groups is 2. The molecular formula is C26H26N4O6S. The topological polar surface area (TPSA) is 132 Å². The minimum Gasteiger partial charge on any atom is -0.497 e. The SMILES string of the molecule is COc1ccc(C=NNC(=O)[C@@H](CSCc2ccccc2)NC(=O)c2ccc([N+](=O)[O-])cc2)c(OC)c1. The zero-order valence-corrected chi connectivity index (χ0v) is 21.1. The van der Waals surface area contributed by atoms with Gasteiger partial charge < -0.3 is 14.8 Å². The van der Waals surface area contributed by atoms with Gasteiger partial charge in [0.15, 0.2) is 0 Å². The van der Waals surface area contributed by atoms with E-state index < -0.39 is 22.8 Å². The molecule has 2 amide bonds. The maximum Gasteiger partial charge on any atom is 0.269 e. The van der Waals surface area contributed by atoms with Gasteiger partial charge in [0.1, 0.15) is 17.5 Å². The molecule has 0 aliphatic heterocycles. The van der Waals surface area contributed by atoms with Crippen molar-refractivity contribution in [2.75, 3.05) is 20.0 Å². The molecule has 0 heterocycles. The van der Waals surface area contributed by atoms with Crippen molar-refractivity contribution in [3.05, 3.63) is 99.6 Å². The average Bonchev–Trinajstić information content (AvgIpc) is 2.93. The summed E-state index contributed by atoms with van der Waals surface area (Å²) >= 11 is 1.48. The molecule has 0 fully saturated rings. The van der Waals surface area contributed by atoms with Crippen molar-refractivity contribution in [1.29, 1.82) is 0 Å². The number of nitrogens with zero attached hydrogens (tertiary/aromatic N) is 2. The van der Waals surface area contributed by atoms with E-state index in [0.717, 1.165) is 5.56 Å². The smallest absolute Gasteiger partial charge is 0.269 e. The number of hydrogen-bond donors (Lipinski definition) is 2. The predicted octanol–water partition coefficient (Wildman–Crippen LogP) is 3.79. The van der Waals surface area contributed by atoms with Crippen LogP contribution in [0.25, 0.3) is 0 Å². The van der Waals surface area contributed by atoms with Gasteiger partial charge in [0.05, 0.1) is 25.4 Å². The van der Waals surface area contributed by atoms with Crippen molar-refractivity contribution >= 4 is 35.5 Å². The number of nitro benzene ring substituents is 1. The van der Waals surface area contributed by atoms with Crippen LogP contribution in [0, 0.1) is 10.1 Å². The second kappa shape index (κ2) is 13.6. The molecule has 0 radical (unpaired) electrons. The first kappa shape index (κ1) is 27.2. The monoisotopic (exact) mass is 522 g/mol. The van der Waals surface area contributed by atoms with Crippen LogP contribution in [0.15, 0.2) is 77.9 Å². The Labute approximate surface area is 218 Å². The van der Waals surface area contributed by atoms with Gasteiger partial charge in [0.2, 0.25) is 0 Å². The van der Waals surface area contributed by atoms with E-state index in [2.05, 4.69) is 15.8 Å². The minimum atomic E-state index is -0.911. The molecule has 0 saturated heterocycles. The zero-order chi connectivity index (χ0) is 26.6. The molecule has 2 N–H and O–H groups in total. The lowest BCUT2D eigenvalue weighted by Crippen LogP contribution is -2.47. The van der Waals surface area contributed by atoms with Gasteiger partial charge in [0, 0.05) is 40.8 Å². The molecule has 10 nitrogen and oxygen atoms in total. The quantitative estimate of drug-likeness (QED) is 0.210. The van der Waals surface area contributed by atoms with Crippen LogP contribution in [0.3, 0.4) is 0 Å². The lowest BCUT2D eigenvalue weighted by molar-refractivity contribution is -0.384. The molecule has 3 aromatic carbocycles. The van der Waals surface area contributed by atoms with Crippen molar-refractivity contribution in [1.82, 2.24) is 10.7 Å². The number of nitrogens with one attached hydrogen (secondary N) is 2. The molecule has 0 spiro atoms. The number of ether oxygens (including phenoxy) is 2. The van der Waals surface area contributed by atoms with Crippen LogP contribution >= 0.6 is 11.8 Å². The molecule has 0 aliphatic carbocycles. The first-order valence-electron chi connectivity index (χ1n) is 11.1.